The molecule has 226 valence electrons. The minimum atomic E-state index is -1.56. The van der Waals surface area contributed by atoms with Gasteiger partial charge in [0.2, 0.25) is 5.78 Å². The summed E-state index contributed by atoms with van der Waals surface area (Å²) in [7, 11) is 3.16. The fourth-order valence-corrected chi connectivity index (χ4v) is 7.04. The molecule has 1 saturated heterocycles. The topological polar surface area (TPSA) is 74.3 Å². The lowest BCUT2D eigenvalue weighted by Crippen LogP contribution is -2.82. The zero-order valence-electron chi connectivity index (χ0n) is 25.9. The molecule has 3 atom stereocenters. The fourth-order valence-electron chi connectivity index (χ4n) is 7.04. The Morgan fingerprint density at radius 3 is 2.11 bits per heavy atom. The van der Waals surface area contributed by atoms with E-state index in [1.54, 1.807) is 43.4 Å². The van der Waals surface area contributed by atoms with Gasteiger partial charge < -0.3 is 18.9 Å². The summed E-state index contributed by atoms with van der Waals surface area (Å²) >= 11 is 0. The van der Waals surface area contributed by atoms with Crippen LogP contribution < -0.4 is 14.4 Å². The molecule has 1 amide bonds. The first kappa shape index (κ1) is 29.5. The molecule has 0 N–H and O–H groups in total. The molecule has 44 heavy (non-hydrogen) atoms. The lowest BCUT2D eigenvalue weighted by atomic mass is 9.51. The average molecular weight is 592 g/mol. The Morgan fingerprint density at radius 2 is 1.43 bits per heavy atom. The smallest absolute Gasteiger partial charge is 0.417 e. The molecular formula is C37H37NO6. The van der Waals surface area contributed by atoms with Crippen LogP contribution in [0.3, 0.4) is 0 Å². The van der Waals surface area contributed by atoms with Gasteiger partial charge in [-0.25, -0.2) is 9.69 Å². The van der Waals surface area contributed by atoms with E-state index in [9.17, 15) is 4.79 Å². The van der Waals surface area contributed by atoms with E-state index in [4.69, 9.17) is 18.9 Å². The van der Waals surface area contributed by atoms with E-state index in [2.05, 4.69) is 0 Å². The molecule has 2 aliphatic heterocycles. The van der Waals surface area contributed by atoms with Gasteiger partial charge in [-0.05, 0) is 81.1 Å². The standard InChI is InChI=1S/C37H37NO6/c1-34(2,3)43-33(40)38-31-21-11-10-20-30(31)36(24-25-14-8-7-9-15-25)35(38,4)44-37(36,27-17-13-19-29(23-27)42-6)32(39)26-16-12-18-28(22-26)41-5/h7-23H,24H2,1-6H3/t35-,36-,37-/m1/s1. The molecule has 0 radical (unpaired) electrons. The monoisotopic (exact) mass is 591 g/mol. The highest BCUT2D eigenvalue weighted by molar-refractivity contribution is 6.08. The quantitative estimate of drug-likeness (QED) is 0.208. The van der Waals surface area contributed by atoms with Crippen molar-refractivity contribution in [3.05, 3.63) is 125 Å². The van der Waals surface area contributed by atoms with Crippen LogP contribution in [0.1, 0.15) is 54.7 Å². The van der Waals surface area contributed by atoms with Gasteiger partial charge in [-0.3, -0.25) is 4.79 Å². The minimum Gasteiger partial charge on any atom is -0.497 e. The number of Topliss-reactive ketones (excluding diaryl/α,β-unsaturated/α-hetero) is 1. The fraction of sp³-hybridized carbons (Fsp3) is 0.297. The molecule has 6 rings (SSSR count). The van der Waals surface area contributed by atoms with Crippen molar-refractivity contribution in [1.29, 1.82) is 0 Å². The second-order valence-electron chi connectivity index (χ2n) is 12.5. The zero-order valence-corrected chi connectivity index (χ0v) is 25.9. The van der Waals surface area contributed by atoms with Crippen LogP contribution in [-0.2, 0) is 26.9 Å². The van der Waals surface area contributed by atoms with Crippen LogP contribution in [-0.4, -0.2) is 37.4 Å². The molecule has 0 saturated carbocycles. The van der Waals surface area contributed by atoms with Gasteiger partial charge in [0.25, 0.3) is 0 Å². The Hall–Kier alpha value is -4.62. The third-order valence-corrected chi connectivity index (χ3v) is 8.79. The van der Waals surface area contributed by atoms with Gasteiger partial charge in [-0.15, -0.1) is 0 Å². The number of fused-ring (bicyclic) bond motifs is 3. The van der Waals surface area contributed by atoms with E-state index in [1.807, 2.05) is 107 Å². The summed E-state index contributed by atoms with van der Waals surface area (Å²) in [6.07, 6.45) is -0.149. The van der Waals surface area contributed by atoms with Crippen molar-refractivity contribution < 1.29 is 28.5 Å². The Kier molecular flexibility index (Phi) is 7.05. The number of amides is 1. The van der Waals surface area contributed by atoms with Gasteiger partial charge in [0.1, 0.15) is 17.1 Å². The Labute approximate surface area is 258 Å². The molecule has 0 aromatic heterocycles. The summed E-state index contributed by atoms with van der Waals surface area (Å²) in [5.41, 5.74) is -1.19. The van der Waals surface area contributed by atoms with Crippen molar-refractivity contribution in [3.63, 3.8) is 0 Å². The summed E-state index contributed by atoms with van der Waals surface area (Å²) in [5.74, 6) is 0.889. The number of nitrogens with zero attached hydrogens (tertiary/aromatic N) is 1. The maximum atomic E-state index is 15.3. The first-order valence-corrected chi connectivity index (χ1v) is 14.7. The van der Waals surface area contributed by atoms with Crippen LogP contribution in [0.15, 0.2) is 103 Å². The molecule has 2 heterocycles. The third kappa shape index (κ3) is 4.21. The molecule has 0 bridgehead atoms. The predicted molar refractivity (Wildman–Crippen MR) is 168 cm³/mol. The Balaban J connectivity index is 1.69. The van der Waals surface area contributed by atoms with Crippen molar-refractivity contribution in [2.24, 2.45) is 0 Å². The molecule has 4 aromatic rings. The van der Waals surface area contributed by atoms with Crippen LogP contribution in [0.2, 0.25) is 0 Å². The van der Waals surface area contributed by atoms with Crippen LogP contribution >= 0.6 is 0 Å². The van der Waals surface area contributed by atoms with Crippen molar-refractivity contribution in [2.45, 2.75) is 56.5 Å². The van der Waals surface area contributed by atoms with Crippen LogP contribution in [0, 0.1) is 0 Å². The lowest BCUT2D eigenvalue weighted by Gasteiger charge is -2.67. The number of ether oxygens (including phenoxy) is 4. The minimum absolute atomic E-state index is 0.251. The SMILES string of the molecule is COc1cccc(C(=O)[C@@]2(c3cccc(OC)c3)O[C@@]3(C)N(C(=O)OC(C)(C)C)c4ccccc4[C@]32Cc2ccccc2)c1. The highest BCUT2D eigenvalue weighted by Crippen LogP contribution is 2.72. The van der Waals surface area contributed by atoms with Crippen LogP contribution in [0.4, 0.5) is 10.5 Å². The first-order valence-electron chi connectivity index (χ1n) is 14.7. The van der Waals surface area contributed by atoms with Gasteiger partial charge >= 0.3 is 6.09 Å². The van der Waals surface area contributed by atoms with Gasteiger partial charge in [0.15, 0.2) is 11.3 Å². The number of benzene rings is 4. The number of hydrogen-bond donors (Lipinski definition) is 0. The molecule has 0 spiro atoms. The summed E-state index contributed by atoms with van der Waals surface area (Å²) in [5, 5.41) is 0. The second kappa shape index (κ2) is 10.5. The Bertz CT molecular complexity index is 1730. The number of para-hydroxylation sites is 1. The van der Waals surface area contributed by atoms with E-state index in [1.165, 1.54) is 0 Å². The van der Waals surface area contributed by atoms with E-state index >= 15 is 4.79 Å². The number of ketones is 1. The summed E-state index contributed by atoms with van der Waals surface area (Å²) in [6, 6.07) is 32.3. The van der Waals surface area contributed by atoms with E-state index in [0.717, 1.165) is 11.1 Å². The maximum absolute atomic E-state index is 15.3. The number of anilines is 1. The highest BCUT2D eigenvalue weighted by Gasteiger charge is 2.84. The molecule has 1 fully saturated rings. The average Bonchev–Trinajstić information content (AvgIpc) is 3.18. The molecular weight excluding hydrogens is 554 g/mol. The molecule has 0 unspecified atom stereocenters. The second-order valence-corrected chi connectivity index (χ2v) is 12.5. The summed E-state index contributed by atoms with van der Waals surface area (Å²) in [6.45, 7) is 7.39. The van der Waals surface area contributed by atoms with Crippen LogP contribution in [0.25, 0.3) is 0 Å². The third-order valence-electron chi connectivity index (χ3n) is 8.79. The molecule has 2 aliphatic rings. The Morgan fingerprint density at radius 1 is 0.795 bits per heavy atom. The predicted octanol–water partition coefficient (Wildman–Crippen LogP) is 7.46. The van der Waals surface area contributed by atoms with Crippen molar-refractivity contribution in [1.82, 2.24) is 0 Å². The van der Waals surface area contributed by atoms with E-state index < -0.39 is 28.4 Å². The number of carbonyl (C=O) groups excluding carboxylic acids is 2. The summed E-state index contributed by atoms with van der Waals surface area (Å²) < 4.78 is 24.2. The van der Waals surface area contributed by atoms with Crippen molar-refractivity contribution >= 4 is 17.6 Å². The number of rotatable bonds is 7. The zero-order chi connectivity index (χ0) is 31.3. The van der Waals surface area contributed by atoms with Gasteiger partial charge in [0.05, 0.1) is 25.3 Å². The van der Waals surface area contributed by atoms with Gasteiger partial charge in [-0.2, -0.15) is 0 Å². The summed E-state index contributed by atoms with van der Waals surface area (Å²) in [4.78, 5) is 30.9. The molecule has 4 aromatic carbocycles. The van der Waals surface area contributed by atoms with E-state index in [-0.39, 0.29) is 5.78 Å². The lowest BCUT2D eigenvalue weighted by molar-refractivity contribution is -0.308. The molecule has 0 aliphatic carbocycles. The largest absolute Gasteiger partial charge is 0.497 e. The van der Waals surface area contributed by atoms with Gasteiger partial charge in [-0.1, -0.05) is 72.8 Å². The van der Waals surface area contributed by atoms with E-state index in [0.29, 0.717) is 34.7 Å². The highest BCUT2D eigenvalue weighted by atomic mass is 16.6. The van der Waals surface area contributed by atoms with Crippen molar-refractivity contribution in [3.8, 4) is 11.5 Å². The van der Waals surface area contributed by atoms with Crippen molar-refractivity contribution in [2.75, 3.05) is 19.1 Å². The molecule has 7 nitrogen and oxygen atoms in total. The van der Waals surface area contributed by atoms with Crippen LogP contribution in [0.5, 0.6) is 11.5 Å². The maximum Gasteiger partial charge on any atom is 0.417 e. The first-order chi connectivity index (χ1) is 21.0. The number of hydrogen-bond acceptors (Lipinski definition) is 6. The molecule has 7 heteroatoms. The number of methoxy groups -OCH3 is 2. The number of carbonyl (C=O) groups is 2. The van der Waals surface area contributed by atoms with Gasteiger partial charge in [0, 0.05) is 5.56 Å². The normalized spacial score (nSPS) is 23.6.